The van der Waals surface area contributed by atoms with Crippen LogP contribution in [0.3, 0.4) is 0 Å². The van der Waals surface area contributed by atoms with E-state index in [0.717, 1.165) is 4.90 Å². The zero-order valence-electron chi connectivity index (χ0n) is 10.1. The fourth-order valence-electron chi connectivity index (χ4n) is 1.60. The summed E-state index contributed by atoms with van der Waals surface area (Å²) in [5, 5.41) is 12.0. The molecule has 0 aromatic rings. The molecule has 1 fully saturated rings. The molecule has 0 radical (unpaired) electrons. The highest BCUT2D eigenvalue weighted by Crippen LogP contribution is 2.37. The maximum atomic E-state index is 12.5. The Labute approximate surface area is 97.8 Å². The summed E-state index contributed by atoms with van der Waals surface area (Å²) in [7, 11) is 0. The maximum absolute atomic E-state index is 12.5. The summed E-state index contributed by atoms with van der Waals surface area (Å²) in [6.07, 6.45) is -5.18. The van der Waals surface area contributed by atoms with Crippen LogP contribution in [0.25, 0.3) is 0 Å². The Hall–Kier alpha value is -0.980. The molecule has 1 unspecified atom stereocenters. The van der Waals surface area contributed by atoms with Gasteiger partial charge in [0.1, 0.15) is 0 Å². The number of nitrogens with zero attached hydrogens (tertiary/aromatic N) is 1. The van der Waals surface area contributed by atoms with E-state index >= 15 is 0 Å². The molecule has 1 saturated heterocycles. The largest absolute Gasteiger partial charge is 0.419 e. The van der Waals surface area contributed by atoms with Crippen LogP contribution in [-0.4, -0.2) is 46.4 Å². The number of hydrogen-bond donors (Lipinski definition) is 2. The second kappa shape index (κ2) is 4.04. The monoisotopic (exact) mass is 254 g/mol. The van der Waals surface area contributed by atoms with Crippen molar-refractivity contribution in [3.8, 4) is 0 Å². The van der Waals surface area contributed by atoms with Crippen LogP contribution in [0.2, 0.25) is 0 Å². The topological polar surface area (TPSA) is 52.6 Å². The van der Waals surface area contributed by atoms with Gasteiger partial charge >= 0.3 is 12.2 Å². The smallest absolute Gasteiger partial charge is 0.379 e. The quantitative estimate of drug-likeness (QED) is 0.688. The molecule has 0 spiro atoms. The van der Waals surface area contributed by atoms with Gasteiger partial charge in [0.15, 0.2) is 5.60 Å². The van der Waals surface area contributed by atoms with Crippen LogP contribution in [0, 0.1) is 0 Å². The summed E-state index contributed by atoms with van der Waals surface area (Å²) in [6, 6.07) is -0.585. The Kier molecular flexibility index (Phi) is 3.35. The van der Waals surface area contributed by atoms with Crippen molar-refractivity contribution in [2.75, 3.05) is 13.1 Å². The van der Waals surface area contributed by atoms with Crippen LogP contribution in [0.1, 0.15) is 27.2 Å². The van der Waals surface area contributed by atoms with Crippen molar-refractivity contribution >= 4 is 6.03 Å². The van der Waals surface area contributed by atoms with Gasteiger partial charge in [-0.05, 0) is 20.8 Å². The van der Waals surface area contributed by atoms with E-state index in [2.05, 4.69) is 5.32 Å². The second-order valence-electron chi connectivity index (χ2n) is 5.38. The lowest BCUT2D eigenvalue weighted by molar-refractivity contribution is -0.253. The number of alkyl halides is 3. The number of nitrogens with one attached hydrogen (secondary N) is 1. The number of β-amino-alcohol motifs (C(OH)–C–C–N with tert-alkyl or cyclic N) is 1. The molecule has 17 heavy (non-hydrogen) atoms. The van der Waals surface area contributed by atoms with E-state index in [9.17, 15) is 23.1 Å². The molecular formula is C10H17F3N2O2. The summed E-state index contributed by atoms with van der Waals surface area (Å²) >= 11 is 0. The van der Waals surface area contributed by atoms with Crippen LogP contribution >= 0.6 is 0 Å². The number of urea groups is 1. The van der Waals surface area contributed by atoms with Crippen molar-refractivity contribution in [3.63, 3.8) is 0 Å². The Bertz CT molecular complexity index is 312. The molecule has 2 N–H and O–H groups in total. The zero-order valence-corrected chi connectivity index (χ0v) is 10.1. The predicted octanol–water partition coefficient (Wildman–Crippen LogP) is 1.49. The van der Waals surface area contributed by atoms with Gasteiger partial charge in [-0.1, -0.05) is 0 Å². The summed E-state index contributed by atoms with van der Waals surface area (Å²) in [5.74, 6) is 0. The number of hydrogen-bond acceptors (Lipinski definition) is 2. The van der Waals surface area contributed by atoms with E-state index in [-0.39, 0.29) is 6.54 Å². The SMILES string of the molecule is CC(C)(C)NC(=O)N1CCC(O)(C(F)(F)F)C1. The molecule has 0 aliphatic carbocycles. The molecule has 1 rings (SSSR count). The van der Waals surface area contributed by atoms with Gasteiger partial charge in [0, 0.05) is 18.5 Å². The first-order chi connectivity index (χ1) is 7.45. The minimum absolute atomic E-state index is 0.0993. The molecule has 1 aliphatic heterocycles. The molecule has 1 heterocycles. The highest BCUT2D eigenvalue weighted by molar-refractivity contribution is 5.75. The normalized spacial score (nSPS) is 26.2. The predicted molar refractivity (Wildman–Crippen MR) is 55.5 cm³/mol. The van der Waals surface area contributed by atoms with E-state index < -0.39 is 36.3 Å². The Morgan fingerprint density at radius 2 is 1.88 bits per heavy atom. The van der Waals surface area contributed by atoms with Gasteiger partial charge in [-0.25, -0.2) is 4.79 Å². The molecule has 0 saturated carbocycles. The number of amides is 2. The van der Waals surface area contributed by atoms with E-state index in [1.54, 1.807) is 20.8 Å². The standard InChI is InChI=1S/C10H17F3N2O2/c1-8(2,3)14-7(16)15-5-4-9(17,6-15)10(11,12)13/h17H,4-6H2,1-3H3,(H,14,16). The average molecular weight is 254 g/mol. The summed E-state index contributed by atoms with van der Waals surface area (Å²) in [4.78, 5) is 12.6. The highest BCUT2D eigenvalue weighted by atomic mass is 19.4. The molecule has 4 nitrogen and oxygen atoms in total. The van der Waals surface area contributed by atoms with Crippen molar-refractivity contribution in [2.45, 2.75) is 44.5 Å². The van der Waals surface area contributed by atoms with E-state index in [1.807, 2.05) is 0 Å². The van der Waals surface area contributed by atoms with Gasteiger partial charge in [-0.2, -0.15) is 13.2 Å². The maximum Gasteiger partial charge on any atom is 0.419 e. The van der Waals surface area contributed by atoms with Gasteiger partial charge < -0.3 is 15.3 Å². The highest BCUT2D eigenvalue weighted by Gasteiger charge is 2.57. The summed E-state index contributed by atoms with van der Waals surface area (Å²) in [6.45, 7) is 4.39. The molecule has 0 aromatic carbocycles. The first-order valence-corrected chi connectivity index (χ1v) is 5.31. The third-order valence-electron chi connectivity index (χ3n) is 2.54. The molecule has 1 aliphatic rings. The van der Waals surface area contributed by atoms with Crippen molar-refractivity contribution in [1.82, 2.24) is 10.2 Å². The number of carbonyl (C=O) groups excluding carboxylic acids is 1. The number of carbonyl (C=O) groups is 1. The van der Waals surface area contributed by atoms with Crippen LogP contribution in [0.5, 0.6) is 0 Å². The lowest BCUT2D eigenvalue weighted by Crippen LogP contribution is -2.51. The first kappa shape index (κ1) is 14.1. The third kappa shape index (κ3) is 3.24. The van der Waals surface area contributed by atoms with E-state index in [4.69, 9.17) is 0 Å². The average Bonchev–Trinajstić information content (AvgIpc) is 2.44. The molecule has 0 aromatic heterocycles. The number of likely N-dealkylation sites (tertiary alicyclic amines) is 1. The fourth-order valence-corrected chi connectivity index (χ4v) is 1.60. The lowest BCUT2D eigenvalue weighted by atomic mass is 10.0. The van der Waals surface area contributed by atoms with Crippen molar-refractivity contribution in [1.29, 1.82) is 0 Å². The molecular weight excluding hydrogens is 237 g/mol. The summed E-state index contributed by atoms with van der Waals surface area (Å²) in [5.41, 5.74) is -3.29. The molecule has 100 valence electrons. The van der Waals surface area contributed by atoms with Gasteiger partial charge in [0.05, 0.1) is 6.54 Å². The molecule has 2 amide bonds. The zero-order chi connectivity index (χ0) is 13.5. The van der Waals surface area contributed by atoms with Crippen molar-refractivity contribution in [3.05, 3.63) is 0 Å². The molecule has 1 atom stereocenters. The summed E-state index contributed by atoms with van der Waals surface area (Å²) < 4.78 is 37.5. The Balaban J connectivity index is 2.65. The lowest BCUT2D eigenvalue weighted by Gasteiger charge is -2.28. The van der Waals surface area contributed by atoms with Crippen LogP contribution in [-0.2, 0) is 0 Å². The van der Waals surface area contributed by atoms with Crippen LogP contribution in [0.15, 0.2) is 0 Å². The molecule has 7 heteroatoms. The minimum Gasteiger partial charge on any atom is -0.379 e. The van der Waals surface area contributed by atoms with Gasteiger partial charge in [-0.15, -0.1) is 0 Å². The van der Waals surface area contributed by atoms with Crippen LogP contribution in [0.4, 0.5) is 18.0 Å². The van der Waals surface area contributed by atoms with Gasteiger partial charge in [0.2, 0.25) is 0 Å². The van der Waals surface area contributed by atoms with E-state index in [0.29, 0.717) is 0 Å². The third-order valence-corrected chi connectivity index (χ3v) is 2.54. The molecule has 0 bridgehead atoms. The Morgan fingerprint density at radius 3 is 2.24 bits per heavy atom. The fraction of sp³-hybridized carbons (Fsp3) is 0.900. The second-order valence-corrected chi connectivity index (χ2v) is 5.38. The van der Waals surface area contributed by atoms with E-state index in [1.165, 1.54) is 0 Å². The first-order valence-electron chi connectivity index (χ1n) is 5.31. The van der Waals surface area contributed by atoms with Crippen molar-refractivity contribution < 1.29 is 23.1 Å². The number of halogens is 3. The van der Waals surface area contributed by atoms with Gasteiger partial charge in [-0.3, -0.25) is 0 Å². The minimum atomic E-state index is -4.70. The van der Waals surface area contributed by atoms with Crippen molar-refractivity contribution in [2.24, 2.45) is 0 Å². The Morgan fingerprint density at radius 1 is 1.35 bits per heavy atom. The number of aliphatic hydroxyl groups is 1. The number of rotatable bonds is 0. The van der Waals surface area contributed by atoms with Crippen LogP contribution < -0.4 is 5.32 Å². The van der Waals surface area contributed by atoms with Gasteiger partial charge in [0.25, 0.3) is 0 Å².